The fraction of sp³-hybridized carbons (Fsp3) is 0.304. The highest BCUT2D eigenvalue weighted by atomic mass is 16.5. The van der Waals surface area contributed by atoms with Crippen LogP contribution in [0.15, 0.2) is 42.5 Å². The van der Waals surface area contributed by atoms with Gasteiger partial charge in [-0.15, -0.1) is 0 Å². The van der Waals surface area contributed by atoms with Crippen molar-refractivity contribution in [3.8, 4) is 5.75 Å². The number of hydrogen-bond donors (Lipinski definition) is 2. The zero-order valence-electron chi connectivity index (χ0n) is 17.5. The molecule has 0 saturated heterocycles. The van der Waals surface area contributed by atoms with Crippen LogP contribution in [0.25, 0.3) is 0 Å². The molecule has 2 N–H and O–H groups in total. The maximum absolute atomic E-state index is 13.2. The molecule has 31 heavy (non-hydrogen) atoms. The lowest BCUT2D eigenvalue weighted by molar-refractivity contribution is -0.127. The molecule has 4 amide bonds. The Hall–Kier alpha value is -3.68. The van der Waals surface area contributed by atoms with Gasteiger partial charge < -0.3 is 15.4 Å². The van der Waals surface area contributed by atoms with Crippen molar-refractivity contribution in [3.05, 3.63) is 59.2 Å². The van der Waals surface area contributed by atoms with E-state index in [9.17, 15) is 19.2 Å². The molecule has 2 aliphatic rings. The molecule has 0 radical (unpaired) electrons. The van der Waals surface area contributed by atoms with Gasteiger partial charge in [-0.2, -0.15) is 0 Å². The SMILES string of the molecule is CC(NC(=O)C(C(C)C)N1C(=O)c2ccccc2C1=O)c1ccc2c(c1)NC(=O)CO2. The number of fused-ring (bicyclic) bond motifs is 2. The van der Waals surface area contributed by atoms with Crippen molar-refractivity contribution in [2.24, 2.45) is 5.92 Å². The van der Waals surface area contributed by atoms with Crippen molar-refractivity contribution in [2.75, 3.05) is 11.9 Å². The summed E-state index contributed by atoms with van der Waals surface area (Å²) in [6.45, 7) is 5.36. The summed E-state index contributed by atoms with van der Waals surface area (Å²) in [5.41, 5.74) is 1.91. The highest BCUT2D eigenvalue weighted by Crippen LogP contribution is 2.31. The van der Waals surface area contributed by atoms with Crippen molar-refractivity contribution in [1.82, 2.24) is 10.2 Å². The van der Waals surface area contributed by atoms with Gasteiger partial charge in [-0.1, -0.05) is 32.0 Å². The molecule has 160 valence electrons. The van der Waals surface area contributed by atoms with Gasteiger partial charge in [0.2, 0.25) is 5.91 Å². The summed E-state index contributed by atoms with van der Waals surface area (Å²) in [5.74, 6) is -1.31. The van der Waals surface area contributed by atoms with E-state index in [1.807, 2.05) is 0 Å². The molecule has 0 spiro atoms. The molecule has 2 aromatic rings. The first-order chi connectivity index (χ1) is 14.8. The first kappa shape index (κ1) is 20.6. The van der Waals surface area contributed by atoms with Gasteiger partial charge in [-0.25, -0.2) is 0 Å². The van der Waals surface area contributed by atoms with Gasteiger partial charge in [0, 0.05) is 0 Å². The number of carbonyl (C=O) groups is 4. The number of hydrogen-bond acceptors (Lipinski definition) is 5. The lowest BCUT2D eigenvalue weighted by atomic mass is 10.00. The number of imide groups is 1. The lowest BCUT2D eigenvalue weighted by Gasteiger charge is -2.30. The summed E-state index contributed by atoms with van der Waals surface area (Å²) in [7, 11) is 0. The summed E-state index contributed by atoms with van der Waals surface area (Å²) in [6, 6.07) is 10.5. The average Bonchev–Trinajstić information content (AvgIpc) is 2.98. The van der Waals surface area contributed by atoms with E-state index in [0.29, 0.717) is 22.6 Å². The summed E-state index contributed by atoms with van der Waals surface area (Å²) >= 11 is 0. The Kier molecular flexibility index (Phi) is 5.22. The van der Waals surface area contributed by atoms with E-state index in [-0.39, 0.29) is 18.4 Å². The monoisotopic (exact) mass is 421 g/mol. The Morgan fingerprint density at radius 2 is 1.68 bits per heavy atom. The Labute approximate surface area is 179 Å². The average molecular weight is 421 g/mol. The van der Waals surface area contributed by atoms with Gasteiger partial charge in [0.1, 0.15) is 11.8 Å². The van der Waals surface area contributed by atoms with Crippen molar-refractivity contribution in [3.63, 3.8) is 0 Å². The van der Waals surface area contributed by atoms with Gasteiger partial charge in [-0.05, 0) is 42.7 Å². The van der Waals surface area contributed by atoms with Crippen LogP contribution in [0.2, 0.25) is 0 Å². The third kappa shape index (κ3) is 3.65. The summed E-state index contributed by atoms with van der Waals surface area (Å²) < 4.78 is 5.36. The molecule has 0 bridgehead atoms. The van der Waals surface area contributed by atoms with E-state index in [4.69, 9.17) is 4.74 Å². The second-order valence-corrected chi connectivity index (χ2v) is 8.04. The molecule has 8 nitrogen and oxygen atoms in total. The molecule has 8 heteroatoms. The van der Waals surface area contributed by atoms with Crippen LogP contribution in [0.4, 0.5) is 5.69 Å². The Balaban J connectivity index is 1.55. The van der Waals surface area contributed by atoms with Gasteiger partial charge in [0.05, 0.1) is 22.9 Å². The molecule has 2 aromatic carbocycles. The molecular formula is C23H23N3O5. The number of amides is 4. The van der Waals surface area contributed by atoms with Gasteiger partial charge in [0.15, 0.2) is 6.61 Å². The molecule has 2 aliphatic heterocycles. The van der Waals surface area contributed by atoms with E-state index < -0.39 is 29.8 Å². The van der Waals surface area contributed by atoms with Gasteiger partial charge >= 0.3 is 0 Å². The minimum atomic E-state index is -0.949. The minimum absolute atomic E-state index is 0.0328. The molecule has 4 rings (SSSR count). The number of anilines is 1. The number of carbonyl (C=O) groups excluding carboxylic acids is 4. The third-order valence-corrected chi connectivity index (χ3v) is 5.50. The zero-order chi connectivity index (χ0) is 22.3. The molecule has 0 saturated carbocycles. The van der Waals surface area contributed by atoms with Crippen LogP contribution in [0.3, 0.4) is 0 Å². The number of ether oxygens (including phenoxy) is 1. The van der Waals surface area contributed by atoms with Crippen molar-refractivity contribution < 1.29 is 23.9 Å². The molecule has 2 atom stereocenters. The van der Waals surface area contributed by atoms with Gasteiger partial charge in [0.25, 0.3) is 17.7 Å². The van der Waals surface area contributed by atoms with E-state index in [0.717, 1.165) is 10.5 Å². The fourth-order valence-electron chi connectivity index (χ4n) is 3.93. The highest BCUT2D eigenvalue weighted by Gasteiger charge is 2.44. The fourth-order valence-corrected chi connectivity index (χ4v) is 3.93. The summed E-state index contributed by atoms with van der Waals surface area (Å²) in [6.07, 6.45) is 0. The van der Waals surface area contributed by atoms with Crippen LogP contribution in [0, 0.1) is 5.92 Å². The number of benzene rings is 2. The van der Waals surface area contributed by atoms with E-state index >= 15 is 0 Å². The molecular weight excluding hydrogens is 398 g/mol. The van der Waals surface area contributed by atoms with Crippen molar-refractivity contribution in [2.45, 2.75) is 32.9 Å². The van der Waals surface area contributed by atoms with E-state index in [1.54, 1.807) is 63.2 Å². The molecule has 2 unspecified atom stereocenters. The van der Waals surface area contributed by atoms with Crippen LogP contribution in [0.1, 0.15) is 53.1 Å². The number of nitrogens with one attached hydrogen (secondary N) is 2. The Morgan fingerprint density at radius 1 is 1.03 bits per heavy atom. The quantitative estimate of drug-likeness (QED) is 0.722. The predicted molar refractivity (Wildman–Crippen MR) is 113 cm³/mol. The minimum Gasteiger partial charge on any atom is -0.482 e. The third-order valence-electron chi connectivity index (χ3n) is 5.50. The first-order valence-corrected chi connectivity index (χ1v) is 10.1. The van der Waals surface area contributed by atoms with Crippen LogP contribution in [0.5, 0.6) is 5.75 Å². The van der Waals surface area contributed by atoms with Crippen LogP contribution in [-0.2, 0) is 9.59 Å². The smallest absolute Gasteiger partial charge is 0.262 e. The van der Waals surface area contributed by atoms with Crippen LogP contribution >= 0.6 is 0 Å². The number of nitrogens with zero attached hydrogens (tertiary/aromatic N) is 1. The standard InChI is InChI=1S/C23H23N3O5/c1-12(2)20(26-22(29)15-6-4-5-7-16(15)23(26)30)21(28)24-13(3)14-8-9-18-17(10-14)25-19(27)11-31-18/h4-10,12-13,20H,11H2,1-3H3,(H,24,28)(H,25,27). The highest BCUT2D eigenvalue weighted by molar-refractivity contribution is 6.22. The van der Waals surface area contributed by atoms with E-state index in [1.165, 1.54) is 0 Å². The molecule has 0 aromatic heterocycles. The second-order valence-electron chi connectivity index (χ2n) is 8.04. The van der Waals surface area contributed by atoms with Crippen LogP contribution in [-0.4, -0.2) is 41.2 Å². The van der Waals surface area contributed by atoms with Gasteiger partial charge in [-0.3, -0.25) is 24.1 Å². The number of rotatable bonds is 5. The zero-order valence-corrected chi connectivity index (χ0v) is 17.5. The first-order valence-electron chi connectivity index (χ1n) is 10.1. The topological polar surface area (TPSA) is 105 Å². The summed E-state index contributed by atoms with van der Waals surface area (Å²) in [5, 5.41) is 5.64. The Bertz CT molecular complexity index is 1060. The van der Waals surface area contributed by atoms with Crippen molar-refractivity contribution >= 4 is 29.3 Å². The lowest BCUT2D eigenvalue weighted by Crippen LogP contribution is -2.52. The maximum atomic E-state index is 13.2. The molecule has 0 fully saturated rings. The summed E-state index contributed by atoms with van der Waals surface area (Å²) in [4.78, 5) is 51.6. The molecule has 2 heterocycles. The Morgan fingerprint density at radius 3 is 2.29 bits per heavy atom. The van der Waals surface area contributed by atoms with Crippen LogP contribution < -0.4 is 15.4 Å². The second kappa shape index (κ2) is 7.86. The normalized spacial score (nSPS) is 16.9. The largest absolute Gasteiger partial charge is 0.482 e. The molecule has 0 aliphatic carbocycles. The van der Waals surface area contributed by atoms with E-state index in [2.05, 4.69) is 10.6 Å². The maximum Gasteiger partial charge on any atom is 0.262 e. The predicted octanol–water partition coefficient (Wildman–Crippen LogP) is 2.52. The van der Waals surface area contributed by atoms with Crippen molar-refractivity contribution in [1.29, 1.82) is 0 Å².